The SMILES string of the molecule is CCNC(=O)CNc1c(C)cccc1CC. The monoisotopic (exact) mass is 220 g/mol. The Hall–Kier alpha value is -1.51. The minimum Gasteiger partial charge on any atom is -0.376 e. The molecule has 0 saturated carbocycles. The third-order valence-corrected chi connectivity index (χ3v) is 2.54. The zero-order valence-corrected chi connectivity index (χ0v) is 10.3. The van der Waals surface area contributed by atoms with E-state index in [1.807, 2.05) is 13.0 Å². The van der Waals surface area contributed by atoms with Gasteiger partial charge in [-0.3, -0.25) is 4.79 Å². The van der Waals surface area contributed by atoms with Gasteiger partial charge < -0.3 is 10.6 Å². The first-order valence-corrected chi connectivity index (χ1v) is 5.78. The second kappa shape index (κ2) is 6.16. The number of hydrogen-bond acceptors (Lipinski definition) is 2. The predicted octanol–water partition coefficient (Wildman–Crippen LogP) is 2.11. The molecule has 3 heteroatoms. The molecule has 0 fully saturated rings. The van der Waals surface area contributed by atoms with Crippen LogP contribution in [0.3, 0.4) is 0 Å². The van der Waals surface area contributed by atoms with Gasteiger partial charge in [0.2, 0.25) is 5.91 Å². The van der Waals surface area contributed by atoms with E-state index in [1.54, 1.807) is 0 Å². The Bertz CT molecular complexity index is 361. The van der Waals surface area contributed by atoms with Crippen molar-refractivity contribution in [2.75, 3.05) is 18.4 Å². The fourth-order valence-corrected chi connectivity index (χ4v) is 1.70. The minimum absolute atomic E-state index is 0.0350. The van der Waals surface area contributed by atoms with Crippen LogP contribution in [-0.2, 0) is 11.2 Å². The van der Waals surface area contributed by atoms with Crippen LogP contribution in [0.4, 0.5) is 5.69 Å². The first-order chi connectivity index (χ1) is 7.69. The van der Waals surface area contributed by atoms with Gasteiger partial charge in [-0.2, -0.15) is 0 Å². The van der Waals surface area contributed by atoms with E-state index < -0.39 is 0 Å². The smallest absolute Gasteiger partial charge is 0.239 e. The maximum atomic E-state index is 11.4. The van der Waals surface area contributed by atoms with Crippen LogP contribution in [0, 0.1) is 6.92 Å². The number of carbonyl (C=O) groups excluding carboxylic acids is 1. The molecule has 0 aliphatic carbocycles. The van der Waals surface area contributed by atoms with E-state index in [0.29, 0.717) is 13.1 Å². The molecule has 1 aromatic carbocycles. The fourth-order valence-electron chi connectivity index (χ4n) is 1.70. The number of hydrogen-bond donors (Lipinski definition) is 2. The van der Waals surface area contributed by atoms with E-state index in [9.17, 15) is 4.79 Å². The Morgan fingerprint density at radius 1 is 1.31 bits per heavy atom. The largest absolute Gasteiger partial charge is 0.376 e. The number of para-hydroxylation sites is 1. The van der Waals surface area contributed by atoms with Crippen molar-refractivity contribution in [1.29, 1.82) is 0 Å². The highest BCUT2D eigenvalue weighted by Crippen LogP contribution is 2.20. The van der Waals surface area contributed by atoms with Crippen LogP contribution >= 0.6 is 0 Å². The van der Waals surface area contributed by atoms with Gasteiger partial charge in [-0.15, -0.1) is 0 Å². The lowest BCUT2D eigenvalue weighted by Crippen LogP contribution is -2.29. The second-order valence-electron chi connectivity index (χ2n) is 3.77. The van der Waals surface area contributed by atoms with Crippen molar-refractivity contribution in [3.8, 4) is 0 Å². The Labute approximate surface area is 97.2 Å². The van der Waals surface area contributed by atoms with Gasteiger partial charge in [-0.25, -0.2) is 0 Å². The lowest BCUT2D eigenvalue weighted by Gasteiger charge is -2.13. The maximum absolute atomic E-state index is 11.4. The number of nitrogens with one attached hydrogen (secondary N) is 2. The highest BCUT2D eigenvalue weighted by atomic mass is 16.1. The molecule has 1 aromatic rings. The van der Waals surface area contributed by atoms with Crippen molar-refractivity contribution in [3.05, 3.63) is 29.3 Å². The van der Waals surface area contributed by atoms with Crippen LogP contribution < -0.4 is 10.6 Å². The molecule has 0 atom stereocenters. The summed E-state index contributed by atoms with van der Waals surface area (Å²) in [7, 11) is 0. The van der Waals surface area contributed by atoms with Crippen molar-refractivity contribution in [1.82, 2.24) is 5.32 Å². The Morgan fingerprint density at radius 2 is 2.06 bits per heavy atom. The average Bonchev–Trinajstić information content (AvgIpc) is 2.27. The van der Waals surface area contributed by atoms with Gasteiger partial charge >= 0.3 is 0 Å². The van der Waals surface area contributed by atoms with Crippen molar-refractivity contribution >= 4 is 11.6 Å². The van der Waals surface area contributed by atoms with Gasteiger partial charge in [0.25, 0.3) is 0 Å². The molecule has 2 N–H and O–H groups in total. The first-order valence-electron chi connectivity index (χ1n) is 5.78. The van der Waals surface area contributed by atoms with Crippen LogP contribution in [0.2, 0.25) is 0 Å². The number of rotatable bonds is 5. The highest BCUT2D eigenvalue weighted by molar-refractivity contribution is 5.81. The normalized spacial score (nSPS) is 9.94. The van der Waals surface area contributed by atoms with Crippen LogP contribution in [0.15, 0.2) is 18.2 Å². The van der Waals surface area contributed by atoms with Gasteiger partial charge in [0.05, 0.1) is 6.54 Å². The minimum atomic E-state index is 0.0350. The summed E-state index contributed by atoms with van der Waals surface area (Å²) < 4.78 is 0. The maximum Gasteiger partial charge on any atom is 0.239 e. The van der Waals surface area contributed by atoms with Gasteiger partial charge in [-0.05, 0) is 31.4 Å². The molecule has 1 amide bonds. The zero-order chi connectivity index (χ0) is 12.0. The summed E-state index contributed by atoms with van der Waals surface area (Å²) in [6, 6.07) is 6.19. The first kappa shape index (κ1) is 12.6. The molecule has 1 rings (SSSR count). The zero-order valence-electron chi connectivity index (χ0n) is 10.3. The van der Waals surface area contributed by atoms with E-state index in [4.69, 9.17) is 0 Å². The molecule has 0 aromatic heterocycles. The lowest BCUT2D eigenvalue weighted by atomic mass is 10.1. The summed E-state index contributed by atoms with van der Waals surface area (Å²) in [4.78, 5) is 11.4. The topological polar surface area (TPSA) is 41.1 Å². The number of amides is 1. The van der Waals surface area contributed by atoms with Crippen molar-refractivity contribution in [3.63, 3.8) is 0 Å². The van der Waals surface area contributed by atoms with Gasteiger partial charge in [0.1, 0.15) is 0 Å². The second-order valence-corrected chi connectivity index (χ2v) is 3.77. The van der Waals surface area contributed by atoms with Gasteiger partial charge in [-0.1, -0.05) is 25.1 Å². The van der Waals surface area contributed by atoms with Crippen LogP contribution in [-0.4, -0.2) is 19.0 Å². The number of benzene rings is 1. The van der Waals surface area contributed by atoms with Crippen molar-refractivity contribution in [2.45, 2.75) is 27.2 Å². The summed E-state index contributed by atoms with van der Waals surface area (Å²) in [5, 5.41) is 5.98. The van der Waals surface area contributed by atoms with E-state index in [-0.39, 0.29) is 5.91 Å². The van der Waals surface area contributed by atoms with Crippen molar-refractivity contribution in [2.24, 2.45) is 0 Å². The lowest BCUT2D eigenvalue weighted by molar-refractivity contribution is -0.119. The molecule has 16 heavy (non-hydrogen) atoms. The van der Waals surface area contributed by atoms with Crippen LogP contribution in [0.1, 0.15) is 25.0 Å². The standard InChI is InChI=1S/C13H20N2O/c1-4-11-8-6-7-10(3)13(11)15-9-12(16)14-5-2/h6-8,15H,4-5,9H2,1-3H3,(H,14,16). The fraction of sp³-hybridized carbons (Fsp3) is 0.462. The molecule has 3 nitrogen and oxygen atoms in total. The Balaban J connectivity index is 2.69. The molecule has 0 spiro atoms. The summed E-state index contributed by atoms with van der Waals surface area (Å²) >= 11 is 0. The Morgan fingerprint density at radius 3 is 2.69 bits per heavy atom. The molecule has 0 bridgehead atoms. The quantitative estimate of drug-likeness (QED) is 0.798. The van der Waals surface area contributed by atoms with Crippen LogP contribution in [0.5, 0.6) is 0 Å². The molecule has 0 unspecified atom stereocenters. The molecule has 88 valence electrons. The van der Waals surface area contributed by atoms with Gasteiger partial charge in [0.15, 0.2) is 0 Å². The molecule has 0 radical (unpaired) electrons. The summed E-state index contributed by atoms with van der Waals surface area (Å²) in [6.07, 6.45) is 0.972. The van der Waals surface area contributed by atoms with E-state index in [0.717, 1.165) is 12.1 Å². The summed E-state index contributed by atoms with van der Waals surface area (Å²) in [6.45, 7) is 7.11. The van der Waals surface area contributed by atoms with Gasteiger partial charge in [0, 0.05) is 12.2 Å². The highest BCUT2D eigenvalue weighted by Gasteiger charge is 2.05. The Kier molecular flexibility index (Phi) is 4.83. The number of likely N-dealkylation sites (N-methyl/N-ethyl adjacent to an activating group) is 1. The molecule has 0 aliphatic heterocycles. The van der Waals surface area contributed by atoms with Crippen molar-refractivity contribution < 1.29 is 4.79 Å². The third-order valence-electron chi connectivity index (χ3n) is 2.54. The molecular weight excluding hydrogens is 200 g/mol. The third kappa shape index (κ3) is 3.26. The molecule has 0 heterocycles. The van der Waals surface area contributed by atoms with E-state index in [2.05, 4.69) is 36.6 Å². The molecular formula is C13H20N2O. The van der Waals surface area contributed by atoms with E-state index in [1.165, 1.54) is 11.1 Å². The van der Waals surface area contributed by atoms with Crippen LogP contribution in [0.25, 0.3) is 0 Å². The van der Waals surface area contributed by atoms with E-state index >= 15 is 0 Å². The average molecular weight is 220 g/mol. The summed E-state index contributed by atoms with van der Waals surface area (Å²) in [5.41, 5.74) is 3.53. The number of aryl methyl sites for hydroxylation is 2. The predicted molar refractivity (Wildman–Crippen MR) is 67.7 cm³/mol. The number of anilines is 1. The molecule has 0 aliphatic rings. The molecule has 0 saturated heterocycles. The summed E-state index contributed by atoms with van der Waals surface area (Å²) in [5.74, 6) is 0.0350. The number of carbonyl (C=O) groups is 1.